The van der Waals surface area contributed by atoms with Gasteiger partial charge in [-0.05, 0) is 48.9 Å². The maximum absolute atomic E-state index is 12.7. The summed E-state index contributed by atoms with van der Waals surface area (Å²) in [6.07, 6.45) is 7.72. The third-order valence-corrected chi connectivity index (χ3v) is 6.76. The average Bonchev–Trinajstić information content (AvgIpc) is 2.87. The highest BCUT2D eigenvalue weighted by molar-refractivity contribution is 6.39. The quantitative estimate of drug-likeness (QED) is 0.280. The molecule has 0 saturated heterocycles. The van der Waals surface area contributed by atoms with Crippen LogP contribution in [0.25, 0.3) is 0 Å². The second-order valence-electron chi connectivity index (χ2n) is 8.70. The van der Waals surface area contributed by atoms with E-state index in [1.54, 1.807) is 0 Å². The number of hydrogen-bond donors (Lipinski definition) is 2. The Bertz CT molecular complexity index is 1220. The lowest BCUT2D eigenvalue weighted by Gasteiger charge is -2.35. The molecule has 0 radical (unpaired) electrons. The highest BCUT2D eigenvalue weighted by Gasteiger charge is 2.28. The summed E-state index contributed by atoms with van der Waals surface area (Å²) in [6, 6.07) is 12.3. The molecule has 2 aromatic heterocycles. The van der Waals surface area contributed by atoms with Crippen molar-refractivity contribution in [3.63, 3.8) is 0 Å². The van der Waals surface area contributed by atoms with Crippen LogP contribution in [0.2, 0.25) is 10.0 Å². The van der Waals surface area contributed by atoms with Gasteiger partial charge in [0.2, 0.25) is 0 Å². The van der Waals surface area contributed by atoms with Crippen LogP contribution in [0.15, 0.2) is 55.0 Å². The Morgan fingerprint density at radius 1 is 1.19 bits per heavy atom. The maximum atomic E-state index is 12.7. The largest absolute Gasteiger partial charge is 0.481 e. The van der Waals surface area contributed by atoms with Crippen molar-refractivity contribution >= 4 is 35.0 Å². The molecule has 1 aliphatic rings. The van der Waals surface area contributed by atoms with Crippen molar-refractivity contribution in [2.24, 2.45) is 0 Å². The molecule has 3 aromatic rings. The Balaban J connectivity index is 1.50. The fourth-order valence-electron chi connectivity index (χ4n) is 4.59. The first-order chi connectivity index (χ1) is 17.5. The van der Waals surface area contributed by atoms with E-state index in [9.17, 15) is 4.79 Å². The van der Waals surface area contributed by atoms with E-state index < -0.39 is 0 Å². The number of aryl methyl sites for hydroxylation is 1. The Morgan fingerprint density at radius 3 is 2.75 bits per heavy atom. The number of rotatable bonds is 9. The minimum atomic E-state index is -0.352. The van der Waals surface area contributed by atoms with Gasteiger partial charge in [-0.25, -0.2) is 0 Å². The monoisotopic (exact) mass is 525 g/mol. The maximum Gasteiger partial charge on any atom is 0.254 e. The summed E-state index contributed by atoms with van der Waals surface area (Å²) in [5.41, 5.74) is 4.60. The van der Waals surface area contributed by atoms with Crippen LogP contribution in [0, 0.1) is 5.41 Å². The van der Waals surface area contributed by atoms with Crippen molar-refractivity contribution < 1.29 is 9.53 Å². The standard InChI is InChI=1S/C27H29Cl2N5O2/c1-2-36-24(30)17-34(23-10-4-8-20-9-5-11-32-26(20)23)16-19-7-3-6-18(12-19)13-33-27(35)25-21(28)14-31-15-22(25)29/h3,5-7,9,11-12,14-15,23,30H,2,4,8,10,13,16-17H2,1H3,(H,33,35). The summed E-state index contributed by atoms with van der Waals surface area (Å²) >= 11 is 12.2. The molecule has 0 saturated carbocycles. The number of aromatic nitrogens is 2. The normalized spacial score (nSPS) is 14.8. The van der Waals surface area contributed by atoms with Gasteiger partial charge in [0.25, 0.3) is 5.91 Å². The Morgan fingerprint density at radius 2 is 1.97 bits per heavy atom. The smallest absolute Gasteiger partial charge is 0.254 e. The zero-order chi connectivity index (χ0) is 25.5. The number of ether oxygens (including phenoxy) is 1. The number of nitrogens with zero attached hydrogens (tertiary/aromatic N) is 3. The molecule has 2 heterocycles. The molecule has 7 nitrogen and oxygen atoms in total. The molecule has 0 fully saturated rings. The van der Waals surface area contributed by atoms with Crippen LogP contribution in [0.4, 0.5) is 0 Å². The second-order valence-corrected chi connectivity index (χ2v) is 9.51. The third kappa shape index (κ3) is 6.40. The predicted octanol–water partition coefficient (Wildman–Crippen LogP) is 5.61. The topological polar surface area (TPSA) is 91.2 Å². The summed E-state index contributed by atoms with van der Waals surface area (Å²) < 4.78 is 5.49. The predicted molar refractivity (Wildman–Crippen MR) is 142 cm³/mol. The molecule has 0 bridgehead atoms. The number of benzene rings is 1. The minimum Gasteiger partial charge on any atom is -0.481 e. The first-order valence-corrected chi connectivity index (χ1v) is 12.7. The van der Waals surface area contributed by atoms with Crippen LogP contribution in [-0.4, -0.2) is 39.8 Å². The van der Waals surface area contributed by atoms with Gasteiger partial charge in [-0.3, -0.25) is 25.1 Å². The zero-order valence-electron chi connectivity index (χ0n) is 20.1. The van der Waals surface area contributed by atoms with Gasteiger partial charge in [0.05, 0.1) is 40.5 Å². The number of hydrogen-bond acceptors (Lipinski definition) is 6. The summed E-state index contributed by atoms with van der Waals surface area (Å²) in [4.78, 5) is 23.5. The van der Waals surface area contributed by atoms with Crippen molar-refractivity contribution in [3.05, 3.63) is 93.0 Å². The van der Waals surface area contributed by atoms with Gasteiger partial charge in [0, 0.05) is 31.7 Å². The Labute approximate surface area is 221 Å². The van der Waals surface area contributed by atoms with Crippen molar-refractivity contribution in [1.82, 2.24) is 20.2 Å². The van der Waals surface area contributed by atoms with Gasteiger partial charge in [0.15, 0.2) is 5.90 Å². The molecule has 0 aliphatic heterocycles. The molecular weight excluding hydrogens is 497 g/mol. The number of carbonyl (C=O) groups is 1. The molecule has 1 aliphatic carbocycles. The van der Waals surface area contributed by atoms with Gasteiger partial charge >= 0.3 is 0 Å². The second kappa shape index (κ2) is 12.3. The van der Waals surface area contributed by atoms with Crippen LogP contribution in [0.1, 0.15) is 58.5 Å². The van der Waals surface area contributed by atoms with Gasteiger partial charge in [-0.1, -0.05) is 53.5 Å². The lowest BCUT2D eigenvalue weighted by Crippen LogP contribution is -2.36. The molecule has 2 N–H and O–H groups in total. The van der Waals surface area contributed by atoms with Crippen LogP contribution < -0.4 is 5.32 Å². The molecule has 188 valence electrons. The molecule has 1 atom stereocenters. The van der Waals surface area contributed by atoms with Crippen LogP contribution >= 0.6 is 23.2 Å². The minimum absolute atomic E-state index is 0.107. The number of pyridine rings is 2. The Hall–Kier alpha value is -3.00. The lowest BCUT2D eigenvalue weighted by molar-refractivity contribution is 0.0951. The number of halogens is 2. The van der Waals surface area contributed by atoms with Crippen molar-refractivity contribution in [3.8, 4) is 0 Å². The number of nitrogens with one attached hydrogen (secondary N) is 2. The van der Waals surface area contributed by atoms with Gasteiger partial charge in [-0.15, -0.1) is 0 Å². The molecular formula is C27H29Cl2N5O2. The molecule has 1 amide bonds. The third-order valence-electron chi connectivity index (χ3n) is 6.18. The van der Waals surface area contributed by atoms with E-state index in [-0.39, 0.29) is 33.5 Å². The number of amides is 1. The van der Waals surface area contributed by atoms with Gasteiger partial charge < -0.3 is 10.1 Å². The van der Waals surface area contributed by atoms with Crippen LogP contribution in [-0.2, 0) is 24.2 Å². The molecule has 36 heavy (non-hydrogen) atoms. The van der Waals surface area contributed by atoms with E-state index in [0.29, 0.717) is 26.2 Å². The fourth-order valence-corrected chi connectivity index (χ4v) is 5.13. The summed E-state index contributed by atoms with van der Waals surface area (Å²) in [5.74, 6) is -0.107. The van der Waals surface area contributed by atoms with E-state index >= 15 is 0 Å². The molecule has 0 spiro atoms. The molecule has 1 aromatic carbocycles. The van der Waals surface area contributed by atoms with Crippen LogP contribution in [0.5, 0.6) is 0 Å². The summed E-state index contributed by atoms with van der Waals surface area (Å²) in [7, 11) is 0. The van der Waals surface area contributed by atoms with Crippen molar-refractivity contribution in [2.45, 2.75) is 45.3 Å². The zero-order valence-corrected chi connectivity index (χ0v) is 21.6. The van der Waals surface area contributed by atoms with Crippen LogP contribution in [0.3, 0.4) is 0 Å². The highest BCUT2D eigenvalue weighted by atomic mass is 35.5. The van der Waals surface area contributed by atoms with Crippen molar-refractivity contribution in [2.75, 3.05) is 13.2 Å². The van der Waals surface area contributed by atoms with Gasteiger partial charge in [-0.2, -0.15) is 0 Å². The van der Waals surface area contributed by atoms with E-state index in [0.717, 1.165) is 36.1 Å². The van der Waals surface area contributed by atoms with E-state index in [4.69, 9.17) is 38.3 Å². The first kappa shape index (κ1) is 26.1. The first-order valence-electron chi connectivity index (χ1n) is 12.0. The van der Waals surface area contributed by atoms with E-state index in [1.807, 2.05) is 31.3 Å². The summed E-state index contributed by atoms with van der Waals surface area (Å²) in [6.45, 7) is 3.70. The number of fused-ring (bicyclic) bond motifs is 1. The van der Waals surface area contributed by atoms with Crippen molar-refractivity contribution in [1.29, 1.82) is 5.41 Å². The fraction of sp³-hybridized carbons (Fsp3) is 0.333. The Kier molecular flexibility index (Phi) is 8.91. The molecule has 1 unspecified atom stereocenters. The number of carbonyl (C=O) groups excluding carboxylic acids is 1. The van der Waals surface area contributed by atoms with Gasteiger partial charge in [0.1, 0.15) is 0 Å². The summed E-state index contributed by atoms with van der Waals surface area (Å²) in [5, 5.41) is 11.6. The highest BCUT2D eigenvalue weighted by Crippen LogP contribution is 2.33. The average molecular weight is 526 g/mol. The molecule has 4 rings (SSSR count). The molecule has 9 heteroatoms. The van der Waals surface area contributed by atoms with E-state index in [2.05, 4.69) is 33.4 Å². The SMILES string of the molecule is CCOC(=N)CN(Cc1cccc(CNC(=O)c2c(Cl)cncc2Cl)c1)C1CCCc2cccnc21. The van der Waals surface area contributed by atoms with E-state index in [1.165, 1.54) is 18.0 Å². The lowest BCUT2D eigenvalue weighted by atomic mass is 9.90.